The van der Waals surface area contributed by atoms with Crippen molar-refractivity contribution in [3.8, 4) is 5.75 Å². The van der Waals surface area contributed by atoms with Crippen LogP contribution in [-0.2, 0) is 17.6 Å². The Morgan fingerprint density at radius 1 is 1.14 bits per heavy atom. The molecule has 3 nitrogen and oxygen atoms in total. The first-order chi connectivity index (χ1) is 10.1. The lowest BCUT2D eigenvalue weighted by molar-refractivity contribution is -0.141. The van der Waals surface area contributed by atoms with Crippen molar-refractivity contribution in [1.29, 1.82) is 0 Å². The highest BCUT2D eigenvalue weighted by Crippen LogP contribution is 2.23. The summed E-state index contributed by atoms with van der Waals surface area (Å²) in [4.78, 5) is 11.6. The van der Waals surface area contributed by atoms with Gasteiger partial charge in [0.15, 0.2) is 0 Å². The number of benzene rings is 2. The maximum Gasteiger partial charge on any atom is 0.307 e. The molecule has 0 aliphatic carbocycles. The molecular weight excluding hydrogens is 264 g/mol. The van der Waals surface area contributed by atoms with Crippen molar-refractivity contribution in [2.24, 2.45) is 5.92 Å². The van der Waals surface area contributed by atoms with Crippen LogP contribution < -0.4 is 4.74 Å². The van der Waals surface area contributed by atoms with Crippen LogP contribution in [0.25, 0.3) is 0 Å². The van der Waals surface area contributed by atoms with Gasteiger partial charge in [-0.25, -0.2) is 0 Å². The SMILES string of the molecule is COc1ccccc1CC(Cc1cccc(C)c1)C(=O)O. The molecule has 0 aliphatic rings. The van der Waals surface area contributed by atoms with Crippen LogP contribution in [0.5, 0.6) is 5.75 Å². The Kier molecular flexibility index (Phi) is 4.99. The molecule has 0 aromatic heterocycles. The number of carboxylic acid groups (broad SMARTS) is 1. The standard InChI is InChI=1S/C18H20O3/c1-13-6-5-7-14(10-13)11-16(18(19)20)12-15-8-3-4-9-17(15)21-2/h3-10,16H,11-12H2,1-2H3,(H,19,20). The van der Waals surface area contributed by atoms with E-state index in [4.69, 9.17) is 4.74 Å². The van der Waals surface area contributed by atoms with Crippen LogP contribution >= 0.6 is 0 Å². The van der Waals surface area contributed by atoms with Gasteiger partial charge < -0.3 is 9.84 Å². The molecule has 21 heavy (non-hydrogen) atoms. The number of hydrogen-bond acceptors (Lipinski definition) is 2. The summed E-state index contributed by atoms with van der Waals surface area (Å²) >= 11 is 0. The van der Waals surface area contributed by atoms with E-state index >= 15 is 0 Å². The van der Waals surface area contributed by atoms with Crippen molar-refractivity contribution in [3.63, 3.8) is 0 Å². The molecule has 0 bridgehead atoms. The van der Waals surface area contributed by atoms with Crippen molar-refractivity contribution in [3.05, 3.63) is 65.2 Å². The van der Waals surface area contributed by atoms with Crippen LogP contribution in [0.15, 0.2) is 48.5 Å². The third-order valence-corrected chi connectivity index (χ3v) is 3.57. The summed E-state index contributed by atoms with van der Waals surface area (Å²) in [6.07, 6.45) is 0.988. The maximum atomic E-state index is 11.6. The summed E-state index contributed by atoms with van der Waals surface area (Å²) in [6.45, 7) is 2.01. The molecule has 3 heteroatoms. The van der Waals surface area contributed by atoms with Crippen molar-refractivity contribution in [2.45, 2.75) is 19.8 Å². The smallest absolute Gasteiger partial charge is 0.307 e. The van der Waals surface area contributed by atoms with Gasteiger partial charge >= 0.3 is 5.97 Å². The molecular formula is C18H20O3. The average molecular weight is 284 g/mol. The second-order valence-corrected chi connectivity index (χ2v) is 5.24. The molecule has 0 amide bonds. The number of carbonyl (C=O) groups is 1. The van der Waals surface area contributed by atoms with E-state index in [0.717, 1.165) is 22.4 Å². The molecule has 2 rings (SSSR count). The zero-order valence-corrected chi connectivity index (χ0v) is 12.4. The van der Waals surface area contributed by atoms with Gasteiger partial charge in [0.25, 0.3) is 0 Å². The summed E-state index contributed by atoms with van der Waals surface area (Å²) in [5, 5.41) is 9.49. The van der Waals surface area contributed by atoms with Gasteiger partial charge in [0, 0.05) is 0 Å². The summed E-state index contributed by atoms with van der Waals surface area (Å²) < 4.78 is 5.30. The van der Waals surface area contributed by atoms with Crippen LogP contribution in [0.3, 0.4) is 0 Å². The van der Waals surface area contributed by atoms with E-state index in [1.54, 1.807) is 7.11 Å². The normalized spacial score (nSPS) is 11.9. The van der Waals surface area contributed by atoms with E-state index in [0.29, 0.717) is 12.8 Å². The minimum Gasteiger partial charge on any atom is -0.496 e. The molecule has 0 fully saturated rings. The molecule has 110 valence electrons. The molecule has 0 aliphatic heterocycles. The van der Waals surface area contributed by atoms with E-state index in [2.05, 4.69) is 0 Å². The zero-order chi connectivity index (χ0) is 15.2. The molecule has 2 aromatic carbocycles. The third-order valence-electron chi connectivity index (χ3n) is 3.57. The Morgan fingerprint density at radius 3 is 2.57 bits per heavy atom. The minimum atomic E-state index is -0.776. The molecule has 0 saturated heterocycles. The summed E-state index contributed by atoms with van der Waals surface area (Å²) in [5.41, 5.74) is 3.13. The molecule has 1 N–H and O–H groups in total. The average Bonchev–Trinajstić information content (AvgIpc) is 2.47. The highest BCUT2D eigenvalue weighted by molar-refractivity contribution is 5.71. The van der Waals surface area contributed by atoms with Gasteiger partial charge in [-0.05, 0) is 37.0 Å². The third kappa shape index (κ3) is 4.09. The lowest BCUT2D eigenvalue weighted by Crippen LogP contribution is -2.19. The minimum absolute atomic E-state index is 0.455. The van der Waals surface area contributed by atoms with Gasteiger partial charge in [-0.3, -0.25) is 4.79 Å². The van der Waals surface area contributed by atoms with Gasteiger partial charge in [0.2, 0.25) is 0 Å². The summed E-state index contributed by atoms with van der Waals surface area (Å²) in [6, 6.07) is 15.6. The Balaban J connectivity index is 2.18. The number of para-hydroxylation sites is 1. The second-order valence-electron chi connectivity index (χ2n) is 5.24. The van der Waals surface area contributed by atoms with Crippen LogP contribution in [-0.4, -0.2) is 18.2 Å². The monoisotopic (exact) mass is 284 g/mol. The summed E-state index contributed by atoms with van der Waals surface area (Å²) in [5.74, 6) is -0.487. The van der Waals surface area contributed by atoms with E-state index in [1.165, 1.54) is 0 Å². The lowest BCUT2D eigenvalue weighted by Gasteiger charge is -2.15. The van der Waals surface area contributed by atoms with Gasteiger partial charge in [-0.2, -0.15) is 0 Å². The topological polar surface area (TPSA) is 46.5 Å². The van der Waals surface area contributed by atoms with Gasteiger partial charge in [0.1, 0.15) is 5.75 Å². The predicted octanol–water partition coefficient (Wildman–Crippen LogP) is 3.49. The molecule has 1 unspecified atom stereocenters. The second kappa shape index (κ2) is 6.93. The Morgan fingerprint density at radius 2 is 1.90 bits per heavy atom. The highest BCUT2D eigenvalue weighted by Gasteiger charge is 2.20. The predicted molar refractivity (Wildman–Crippen MR) is 82.7 cm³/mol. The zero-order valence-electron chi connectivity index (χ0n) is 12.4. The van der Waals surface area contributed by atoms with Crippen LogP contribution in [0.1, 0.15) is 16.7 Å². The molecule has 2 aromatic rings. The fraction of sp³-hybridized carbons (Fsp3) is 0.278. The van der Waals surface area contributed by atoms with Crippen molar-refractivity contribution in [2.75, 3.05) is 7.11 Å². The first kappa shape index (κ1) is 15.1. The van der Waals surface area contributed by atoms with E-state index in [9.17, 15) is 9.90 Å². The van der Waals surface area contributed by atoms with E-state index < -0.39 is 11.9 Å². The van der Waals surface area contributed by atoms with Gasteiger partial charge in [-0.1, -0.05) is 48.0 Å². The number of aryl methyl sites for hydroxylation is 1. The fourth-order valence-corrected chi connectivity index (χ4v) is 2.51. The number of hydrogen-bond donors (Lipinski definition) is 1. The lowest BCUT2D eigenvalue weighted by atomic mass is 9.92. The van der Waals surface area contributed by atoms with Crippen LogP contribution in [0.2, 0.25) is 0 Å². The fourth-order valence-electron chi connectivity index (χ4n) is 2.51. The molecule has 0 spiro atoms. The molecule has 0 saturated carbocycles. The summed E-state index contributed by atoms with van der Waals surface area (Å²) in [7, 11) is 1.61. The van der Waals surface area contributed by atoms with Crippen molar-refractivity contribution in [1.82, 2.24) is 0 Å². The first-order valence-electron chi connectivity index (χ1n) is 7.00. The van der Waals surface area contributed by atoms with Crippen molar-refractivity contribution < 1.29 is 14.6 Å². The van der Waals surface area contributed by atoms with Gasteiger partial charge in [0.05, 0.1) is 13.0 Å². The maximum absolute atomic E-state index is 11.6. The first-order valence-corrected chi connectivity index (χ1v) is 7.00. The quantitative estimate of drug-likeness (QED) is 0.883. The Hall–Kier alpha value is -2.29. The van der Waals surface area contributed by atoms with E-state index in [1.807, 2.05) is 55.5 Å². The highest BCUT2D eigenvalue weighted by atomic mass is 16.5. The van der Waals surface area contributed by atoms with Crippen LogP contribution in [0.4, 0.5) is 0 Å². The van der Waals surface area contributed by atoms with Crippen LogP contribution in [0, 0.1) is 12.8 Å². The number of carboxylic acids is 1. The van der Waals surface area contributed by atoms with E-state index in [-0.39, 0.29) is 0 Å². The number of rotatable bonds is 6. The van der Waals surface area contributed by atoms with Gasteiger partial charge in [-0.15, -0.1) is 0 Å². The molecule has 0 heterocycles. The largest absolute Gasteiger partial charge is 0.496 e. The van der Waals surface area contributed by atoms with Crippen molar-refractivity contribution >= 4 is 5.97 Å². The molecule has 0 radical (unpaired) electrons. The molecule has 1 atom stereocenters. The number of aliphatic carboxylic acids is 1. The number of methoxy groups -OCH3 is 1. The Labute approximate surface area is 125 Å². The Bertz CT molecular complexity index is 619. The number of ether oxygens (including phenoxy) is 1.